The van der Waals surface area contributed by atoms with Crippen molar-refractivity contribution in [2.45, 2.75) is 13.2 Å². The van der Waals surface area contributed by atoms with E-state index in [1.807, 2.05) is 41.8 Å². The maximum atomic E-state index is 5.69. The normalized spacial score (nSPS) is 10.7. The first-order valence-electron chi connectivity index (χ1n) is 6.25. The molecule has 2 heterocycles. The van der Waals surface area contributed by atoms with Crippen LogP contribution in [0.4, 0.5) is 0 Å². The lowest BCUT2D eigenvalue weighted by molar-refractivity contribution is 0.302. The Morgan fingerprint density at radius 3 is 2.75 bits per heavy atom. The van der Waals surface area contributed by atoms with Gasteiger partial charge in [-0.3, -0.25) is 0 Å². The van der Waals surface area contributed by atoms with E-state index in [1.165, 1.54) is 0 Å². The standard InChI is InChI=1S/C15H14N2O2S/c16-8-11-3-5-13(6-4-11)19-9-12-10-20-15(17-12)14-2-1-7-18-14/h1-7,10H,8-9,16H2. The second kappa shape index (κ2) is 5.90. The molecule has 3 rings (SSSR count). The molecule has 2 N–H and O–H groups in total. The van der Waals surface area contributed by atoms with E-state index in [0.29, 0.717) is 13.2 Å². The average Bonchev–Trinajstić information content (AvgIpc) is 3.16. The summed E-state index contributed by atoms with van der Waals surface area (Å²) in [7, 11) is 0. The van der Waals surface area contributed by atoms with Gasteiger partial charge in [0.15, 0.2) is 10.8 Å². The average molecular weight is 286 g/mol. The first-order valence-corrected chi connectivity index (χ1v) is 7.13. The molecule has 0 aliphatic heterocycles. The molecule has 0 saturated carbocycles. The Hall–Kier alpha value is -2.11. The van der Waals surface area contributed by atoms with Crippen LogP contribution in [0.1, 0.15) is 11.3 Å². The van der Waals surface area contributed by atoms with E-state index in [-0.39, 0.29) is 0 Å². The van der Waals surface area contributed by atoms with Crippen LogP contribution in [-0.4, -0.2) is 4.98 Å². The number of aromatic nitrogens is 1. The molecule has 0 fully saturated rings. The Labute approximate surface area is 120 Å². The highest BCUT2D eigenvalue weighted by atomic mass is 32.1. The molecule has 1 aromatic carbocycles. The van der Waals surface area contributed by atoms with Gasteiger partial charge in [0.2, 0.25) is 0 Å². The van der Waals surface area contributed by atoms with E-state index in [0.717, 1.165) is 27.8 Å². The lowest BCUT2D eigenvalue weighted by Crippen LogP contribution is -1.98. The second-order valence-electron chi connectivity index (χ2n) is 4.26. The molecule has 102 valence electrons. The maximum Gasteiger partial charge on any atom is 0.162 e. The zero-order valence-electron chi connectivity index (χ0n) is 10.8. The zero-order valence-corrected chi connectivity index (χ0v) is 11.6. The number of rotatable bonds is 5. The fraction of sp³-hybridized carbons (Fsp3) is 0.133. The topological polar surface area (TPSA) is 61.3 Å². The molecule has 0 atom stereocenters. The molecule has 0 bridgehead atoms. The fourth-order valence-electron chi connectivity index (χ4n) is 1.77. The van der Waals surface area contributed by atoms with Crippen molar-refractivity contribution in [2.75, 3.05) is 0 Å². The van der Waals surface area contributed by atoms with Crippen molar-refractivity contribution in [1.82, 2.24) is 4.98 Å². The first-order chi connectivity index (χ1) is 9.85. The summed E-state index contributed by atoms with van der Waals surface area (Å²) in [6.07, 6.45) is 1.64. The lowest BCUT2D eigenvalue weighted by Gasteiger charge is -2.04. The van der Waals surface area contributed by atoms with Gasteiger partial charge in [-0.25, -0.2) is 4.98 Å². The SMILES string of the molecule is NCc1ccc(OCc2csc(-c3ccco3)n2)cc1. The fourth-order valence-corrected chi connectivity index (χ4v) is 2.54. The smallest absolute Gasteiger partial charge is 0.162 e. The van der Waals surface area contributed by atoms with Gasteiger partial charge in [-0.1, -0.05) is 12.1 Å². The quantitative estimate of drug-likeness (QED) is 0.780. The van der Waals surface area contributed by atoms with Crippen molar-refractivity contribution in [3.8, 4) is 16.5 Å². The molecule has 0 saturated heterocycles. The third-order valence-electron chi connectivity index (χ3n) is 2.83. The number of thiazole rings is 1. The third-order valence-corrected chi connectivity index (χ3v) is 3.74. The van der Waals surface area contributed by atoms with E-state index in [9.17, 15) is 0 Å². The zero-order chi connectivity index (χ0) is 13.8. The summed E-state index contributed by atoms with van der Waals surface area (Å²) in [5.74, 6) is 1.60. The monoisotopic (exact) mass is 286 g/mol. The van der Waals surface area contributed by atoms with E-state index >= 15 is 0 Å². The Balaban J connectivity index is 1.63. The third kappa shape index (κ3) is 2.89. The van der Waals surface area contributed by atoms with Crippen LogP contribution < -0.4 is 10.5 Å². The van der Waals surface area contributed by atoms with Crippen LogP contribution in [0.3, 0.4) is 0 Å². The molecule has 0 spiro atoms. The van der Waals surface area contributed by atoms with Crippen LogP contribution in [0.5, 0.6) is 5.75 Å². The van der Waals surface area contributed by atoms with E-state index in [1.54, 1.807) is 17.6 Å². The van der Waals surface area contributed by atoms with Gasteiger partial charge >= 0.3 is 0 Å². The Morgan fingerprint density at radius 2 is 2.05 bits per heavy atom. The van der Waals surface area contributed by atoms with Crippen LogP contribution in [0.15, 0.2) is 52.5 Å². The van der Waals surface area contributed by atoms with Gasteiger partial charge < -0.3 is 14.9 Å². The minimum atomic E-state index is 0.444. The molecular weight excluding hydrogens is 272 g/mol. The number of hydrogen-bond donors (Lipinski definition) is 1. The van der Waals surface area contributed by atoms with Crippen LogP contribution in [0.2, 0.25) is 0 Å². The summed E-state index contributed by atoms with van der Waals surface area (Å²) >= 11 is 1.55. The summed E-state index contributed by atoms with van der Waals surface area (Å²) in [5.41, 5.74) is 7.54. The number of hydrogen-bond acceptors (Lipinski definition) is 5. The molecule has 4 nitrogen and oxygen atoms in total. The van der Waals surface area contributed by atoms with Crippen molar-refractivity contribution in [3.63, 3.8) is 0 Å². The lowest BCUT2D eigenvalue weighted by atomic mass is 10.2. The summed E-state index contributed by atoms with van der Waals surface area (Å²) in [4.78, 5) is 4.48. The molecule has 0 unspecified atom stereocenters. The number of ether oxygens (including phenoxy) is 1. The molecule has 0 radical (unpaired) electrons. The van der Waals surface area contributed by atoms with Crippen LogP contribution >= 0.6 is 11.3 Å². The van der Waals surface area contributed by atoms with Crippen LogP contribution in [-0.2, 0) is 13.2 Å². The van der Waals surface area contributed by atoms with Gasteiger partial charge in [0.1, 0.15) is 12.4 Å². The van der Waals surface area contributed by atoms with Crippen molar-refractivity contribution in [3.05, 3.63) is 59.3 Å². The van der Waals surface area contributed by atoms with Gasteiger partial charge in [-0.15, -0.1) is 11.3 Å². The molecule has 0 aliphatic rings. The predicted octanol–water partition coefficient (Wildman–Crippen LogP) is 3.44. The summed E-state index contributed by atoms with van der Waals surface area (Å²) < 4.78 is 11.0. The van der Waals surface area contributed by atoms with Crippen LogP contribution in [0.25, 0.3) is 10.8 Å². The van der Waals surface area contributed by atoms with E-state index < -0.39 is 0 Å². The van der Waals surface area contributed by atoms with Crippen molar-refractivity contribution in [2.24, 2.45) is 5.73 Å². The molecular formula is C15H14N2O2S. The van der Waals surface area contributed by atoms with Crippen molar-refractivity contribution in [1.29, 1.82) is 0 Å². The summed E-state index contributed by atoms with van der Waals surface area (Å²) in [6.45, 7) is 0.984. The van der Waals surface area contributed by atoms with Gasteiger partial charge in [-0.2, -0.15) is 0 Å². The Morgan fingerprint density at radius 1 is 1.20 bits per heavy atom. The number of nitrogens with two attached hydrogens (primary N) is 1. The van der Waals surface area contributed by atoms with Crippen molar-refractivity contribution < 1.29 is 9.15 Å². The number of nitrogens with zero attached hydrogens (tertiary/aromatic N) is 1. The summed E-state index contributed by atoms with van der Waals surface area (Å²) in [6, 6.07) is 11.5. The van der Waals surface area contributed by atoms with Gasteiger partial charge in [0, 0.05) is 11.9 Å². The molecule has 3 aromatic rings. The summed E-state index contributed by atoms with van der Waals surface area (Å²) in [5, 5.41) is 2.85. The maximum absolute atomic E-state index is 5.69. The van der Waals surface area contributed by atoms with Crippen molar-refractivity contribution >= 4 is 11.3 Å². The molecule has 0 aliphatic carbocycles. The predicted molar refractivity (Wildman–Crippen MR) is 78.5 cm³/mol. The van der Waals surface area contributed by atoms with E-state index in [4.69, 9.17) is 14.9 Å². The highest BCUT2D eigenvalue weighted by Crippen LogP contribution is 2.24. The van der Waals surface area contributed by atoms with Gasteiger partial charge in [-0.05, 0) is 29.8 Å². The highest BCUT2D eigenvalue weighted by molar-refractivity contribution is 7.13. The highest BCUT2D eigenvalue weighted by Gasteiger charge is 2.07. The Kier molecular flexibility index (Phi) is 3.80. The molecule has 2 aromatic heterocycles. The van der Waals surface area contributed by atoms with E-state index in [2.05, 4.69) is 4.98 Å². The minimum Gasteiger partial charge on any atom is -0.487 e. The van der Waals surface area contributed by atoms with Gasteiger partial charge in [0.05, 0.1) is 12.0 Å². The Bertz CT molecular complexity index is 660. The minimum absolute atomic E-state index is 0.444. The molecule has 5 heteroatoms. The van der Waals surface area contributed by atoms with Gasteiger partial charge in [0.25, 0.3) is 0 Å². The molecule has 20 heavy (non-hydrogen) atoms. The molecule has 0 amide bonds. The first kappa shape index (κ1) is 12.9. The number of furan rings is 1. The number of benzene rings is 1. The second-order valence-corrected chi connectivity index (χ2v) is 5.12. The largest absolute Gasteiger partial charge is 0.487 e. The van der Waals surface area contributed by atoms with Crippen LogP contribution in [0, 0.1) is 0 Å².